The summed E-state index contributed by atoms with van der Waals surface area (Å²) in [4.78, 5) is 47.5. The summed E-state index contributed by atoms with van der Waals surface area (Å²) in [5, 5.41) is 19.3. The summed E-state index contributed by atoms with van der Waals surface area (Å²) in [7, 11) is 1.24. The molecule has 0 aliphatic carbocycles. The number of carbonyl (C=O) groups is 3. The van der Waals surface area contributed by atoms with E-state index in [2.05, 4.69) is 25.9 Å². The van der Waals surface area contributed by atoms with Gasteiger partial charge in [0.1, 0.15) is 29.6 Å². The molecule has 4 aromatic rings. The number of para-hydroxylation sites is 1. The van der Waals surface area contributed by atoms with Crippen molar-refractivity contribution >= 4 is 23.5 Å². The minimum absolute atomic E-state index is 0.0199. The fourth-order valence-electron chi connectivity index (χ4n) is 6.08. The molecule has 4 atom stereocenters. The maximum Gasteiger partial charge on any atom is 0.360 e. The topological polar surface area (TPSA) is 178 Å². The lowest BCUT2D eigenvalue weighted by molar-refractivity contribution is -0.135. The molecule has 4 bridgehead atoms. The Morgan fingerprint density at radius 3 is 2.77 bits per heavy atom. The first-order valence-electron chi connectivity index (χ1n) is 14.2. The monoisotopic (exact) mass is 599 g/mol. The van der Waals surface area contributed by atoms with E-state index in [1.165, 1.54) is 13.4 Å². The van der Waals surface area contributed by atoms with E-state index in [9.17, 15) is 19.5 Å². The zero-order valence-corrected chi connectivity index (χ0v) is 24.0. The van der Waals surface area contributed by atoms with Crippen LogP contribution in [0.2, 0.25) is 0 Å². The molecule has 4 N–H and O–H groups in total. The molecule has 0 saturated heterocycles. The fourth-order valence-corrected chi connectivity index (χ4v) is 6.08. The van der Waals surface area contributed by atoms with Gasteiger partial charge < -0.3 is 39.4 Å². The van der Waals surface area contributed by atoms with Gasteiger partial charge in [-0.25, -0.2) is 14.8 Å². The Morgan fingerprint density at radius 2 is 1.98 bits per heavy atom. The molecule has 13 nitrogen and oxygen atoms in total. The van der Waals surface area contributed by atoms with E-state index in [0.717, 1.165) is 22.4 Å². The number of aliphatic hydroxyl groups is 1. The molecular weight excluding hydrogens is 570 g/mol. The van der Waals surface area contributed by atoms with Crippen LogP contribution in [0.25, 0.3) is 11.6 Å². The first-order chi connectivity index (χ1) is 21.2. The largest absolute Gasteiger partial charge is 0.469 e. The van der Waals surface area contributed by atoms with E-state index in [4.69, 9.17) is 18.3 Å². The molecule has 0 radical (unpaired) electrons. The molecule has 2 amide bonds. The van der Waals surface area contributed by atoms with Gasteiger partial charge in [-0.05, 0) is 29.2 Å². The van der Waals surface area contributed by atoms with Crippen LogP contribution in [-0.2, 0) is 32.7 Å². The Labute approximate surface area is 251 Å². The molecule has 3 aliphatic rings. The highest BCUT2D eigenvalue weighted by atomic mass is 16.5. The van der Waals surface area contributed by atoms with Crippen molar-refractivity contribution in [1.29, 1.82) is 0 Å². The highest BCUT2D eigenvalue weighted by molar-refractivity contribution is 5.90. The van der Waals surface area contributed by atoms with Crippen LogP contribution >= 0.6 is 0 Å². The number of esters is 1. The third kappa shape index (κ3) is 4.14. The van der Waals surface area contributed by atoms with Crippen molar-refractivity contribution in [3.63, 3.8) is 0 Å². The predicted molar refractivity (Wildman–Crippen MR) is 152 cm³/mol. The zero-order valence-electron chi connectivity index (χ0n) is 24.0. The summed E-state index contributed by atoms with van der Waals surface area (Å²) in [5.41, 5.74) is 2.27. The van der Waals surface area contributed by atoms with Crippen molar-refractivity contribution in [3.8, 4) is 17.3 Å². The third-order valence-corrected chi connectivity index (χ3v) is 8.26. The number of oxazole rings is 2. The number of hydrogen-bond donors (Lipinski definition) is 4. The number of anilines is 1. The highest BCUT2D eigenvalue weighted by Crippen LogP contribution is 2.59. The number of hydrogen-bond acceptors (Lipinski definition) is 11. The Bertz CT molecular complexity index is 1810. The maximum absolute atomic E-state index is 13.4. The Morgan fingerprint density at radius 1 is 1.16 bits per heavy atom. The van der Waals surface area contributed by atoms with Crippen molar-refractivity contribution in [3.05, 3.63) is 82.8 Å². The molecule has 0 fully saturated rings. The molecule has 1 unspecified atom stereocenters. The van der Waals surface area contributed by atoms with Crippen LogP contribution in [0.5, 0.6) is 5.75 Å². The quantitative estimate of drug-likeness (QED) is 0.247. The van der Waals surface area contributed by atoms with Gasteiger partial charge in [-0.2, -0.15) is 0 Å². The second-order valence-electron chi connectivity index (χ2n) is 11.3. The van der Waals surface area contributed by atoms with Crippen molar-refractivity contribution in [2.45, 2.75) is 50.6 Å². The van der Waals surface area contributed by atoms with E-state index in [0.29, 0.717) is 11.5 Å². The van der Waals surface area contributed by atoms with Gasteiger partial charge in [-0.3, -0.25) is 9.59 Å². The van der Waals surface area contributed by atoms with E-state index in [1.54, 1.807) is 13.8 Å². The molecule has 3 aliphatic heterocycles. The normalized spacial score (nSPS) is 22.0. The van der Waals surface area contributed by atoms with E-state index in [-0.39, 0.29) is 42.1 Å². The lowest BCUT2D eigenvalue weighted by atomic mass is 9.72. The number of ether oxygens (including phenoxy) is 2. The summed E-state index contributed by atoms with van der Waals surface area (Å²) in [6.45, 7) is 3.30. The van der Waals surface area contributed by atoms with Gasteiger partial charge in [0.05, 0.1) is 13.7 Å². The number of aliphatic hydroxyl groups excluding tert-OH is 1. The Balaban J connectivity index is 1.42. The van der Waals surface area contributed by atoms with Gasteiger partial charge in [-0.1, -0.05) is 44.2 Å². The number of amides is 2. The molecule has 1 spiro atoms. The fraction of sp³-hybridized carbons (Fsp3) is 0.323. The second kappa shape index (κ2) is 10.2. The van der Waals surface area contributed by atoms with E-state index < -0.39 is 41.6 Å². The summed E-state index contributed by atoms with van der Waals surface area (Å²) in [6.07, 6.45) is -0.599. The molecule has 44 heavy (non-hydrogen) atoms. The molecule has 226 valence electrons. The van der Waals surface area contributed by atoms with Crippen molar-refractivity contribution < 1.29 is 37.8 Å². The van der Waals surface area contributed by atoms with Crippen LogP contribution in [-0.4, -0.2) is 58.3 Å². The lowest BCUT2D eigenvalue weighted by Crippen LogP contribution is -2.51. The highest BCUT2D eigenvalue weighted by Gasteiger charge is 2.61. The van der Waals surface area contributed by atoms with Gasteiger partial charge >= 0.3 is 5.97 Å². The summed E-state index contributed by atoms with van der Waals surface area (Å²) < 4.78 is 23.5. The molecular formula is C31H29N5O8. The minimum Gasteiger partial charge on any atom is -0.469 e. The summed E-state index contributed by atoms with van der Waals surface area (Å²) in [5.74, 6) is -1.06. The standard InChI is InChI=1S/C31H29N5O8/c1-14(2)24(37)27(39)33-19-11-15-8-9-21-17(10-15)31(16-6-4-5-7-18(16)35-30(31)43-21)25-23(36-22(44-25)12-32-26(19)38)28-34-20(13-42-28)29(40)41-3/h4-10,13-14,19,24,30,35,37H,11-12H2,1-3H3,(H,32,38)(H,33,39)/t19-,24-,30?,31-/m0/s1. The molecule has 0 saturated carbocycles. The average molecular weight is 600 g/mol. The van der Waals surface area contributed by atoms with Gasteiger partial charge in [0, 0.05) is 17.7 Å². The van der Waals surface area contributed by atoms with Crippen LogP contribution in [0, 0.1) is 5.92 Å². The van der Waals surface area contributed by atoms with Crippen LogP contribution in [0.1, 0.15) is 52.7 Å². The Kier molecular flexibility index (Phi) is 6.43. The molecule has 2 aromatic carbocycles. The van der Waals surface area contributed by atoms with Gasteiger partial charge in [0.2, 0.25) is 23.6 Å². The predicted octanol–water partition coefficient (Wildman–Crippen LogP) is 2.27. The Hall–Kier alpha value is -5.17. The summed E-state index contributed by atoms with van der Waals surface area (Å²) in [6, 6.07) is 12.3. The molecule has 7 rings (SSSR count). The van der Waals surface area contributed by atoms with Crippen LogP contribution in [0.15, 0.2) is 57.6 Å². The van der Waals surface area contributed by atoms with E-state index in [1.807, 2.05) is 42.5 Å². The van der Waals surface area contributed by atoms with E-state index >= 15 is 0 Å². The first kappa shape index (κ1) is 27.7. The number of benzene rings is 2. The number of nitrogens with one attached hydrogen (secondary N) is 3. The van der Waals surface area contributed by atoms with Crippen molar-refractivity contribution in [2.75, 3.05) is 12.4 Å². The maximum atomic E-state index is 13.4. The molecule has 2 aromatic heterocycles. The van der Waals surface area contributed by atoms with Crippen LogP contribution in [0.4, 0.5) is 5.69 Å². The minimum atomic E-state index is -1.28. The second-order valence-corrected chi connectivity index (χ2v) is 11.3. The number of fused-ring (bicyclic) bond motifs is 4. The van der Waals surface area contributed by atoms with Gasteiger partial charge in [0.15, 0.2) is 23.4 Å². The zero-order chi connectivity index (χ0) is 30.7. The first-order valence-corrected chi connectivity index (χ1v) is 14.2. The number of rotatable bonds is 5. The third-order valence-electron chi connectivity index (χ3n) is 8.26. The number of nitrogens with zero attached hydrogens (tertiary/aromatic N) is 2. The average Bonchev–Trinajstić information content (AvgIpc) is 3.79. The summed E-state index contributed by atoms with van der Waals surface area (Å²) >= 11 is 0. The van der Waals surface area contributed by atoms with Gasteiger partial charge in [0.25, 0.3) is 0 Å². The lowest BCUT2D eigenvalue weighted by Gasteiger charge is -2.27. The smallest absolute Gasteiger partial charge is 0.360 e. The molecule has 13 heteroatoms. The van der Waals surface area contributed by atoms with Gasteiger partial charge in [-0.15, -0.1) is 0 Å². The van der Waals surface area contributed by atoms with Crippen molar-refractivity contribution in [2.24, 2.45) is 5.92 Å². The number of methoxy groups -OCH3 is 1. The number of carbonyl (C=O) groups excluding carboxylic acids is 3. The van der Waals surface area contributed by atoms with Crippen LogP contribution in [0.3, 0.4) is 0 Å². The molecule has 5 heterocycles. The number of aromatic nitrogens is 2. The SMILES string of the molecule is COC(=O)c1coc(-c2nc3oc2[C@@]24c5ccccc5NC2Oc2ccc(cc24)C[C@H](NC(=O)[C@@H](O)C(C)C)C(=O)NC3)n1. The van der Waals surface area contributed by atoms with Crippen LogP contribution < -0.4 is 20.7 Å². The van der Waals surface area contributed by atoms with Crippen molar-refractivity contribution in [1.82, 2.24) is 20.6 Å².